The third-order valence-corrected chi connectivity index (χ3v) is 6.95. The van der Waals surface area contributed by atoms with Crippen LogP contribution in [-0.2, 0) is 9.59 Å². The Kier molecular flexibility index (Phi) is 11.4. The maximum Gasteiger partial charge on any atom is 0.263 e. The van der Waals surface area contributed by atoms with Gasteiger partial charge in [-0.2, -0.15) is 0 Å². The highest BCUT2D eigenvalue weighted by atomic mass is 16.5. The lowest BCUT2D eigenvalue weighted by Gasteiger charge is -2.23. The second-order valence-electron chi connectivity index (χ2n) is 9.50. The molecule has 0 bridgehead atoms. The molecule has 0 heterocycles. The number of likely N-dealkylation sites (N-methyl/N-ethyl adjacent to an activating group) is 2. The van der Waals surface area contributed by atoms with E-state index in [2.05, 4.69) is 0 Å². The van der Waals surface area contributed by atoms with Gasteiger partial charge in [0.25, 0.3) is 11.8 Å². The highest BCUT2D eigenvalue weighted by molar-refractivity contribution is 5.90. The summed E-state index contributed by atoms with van der Waals surface area (Å²) in [5, 5.41) is 4.31. The number of nitrogens with zero attached hydrogens (tertiary/aromatic N) is 2. The number of carbonyl (C=O) groups excluding carboxylic acids is 2. The van der Waals surface area contributed by atoms with Crippen LogP contribution in [-0.4, -0.2) is 60.0 Å². The van der Waals surface area contributed by atoms with Crippen LogP contribution < -0.4 is 9.47 Å². The fraction of sp³-hybridized carbons (Fsp3) is 0.353. The van der Waals surface area contributed by atoms with E-state index in [0.717, 1.165) is 33.0 Å². The van der Waals surface area contributed by atoms with Crippen molar-refractivity contribution >= 4 is 33.4 Å². The van der Waals surface area contributed by atoms with Crippen molar-refractivity contribution in [1.29, 1.82) is 0 Å². The first-order valence-corrected chi connectivity index (χ1v) is 14.2. The molecule has 0 fully saturated rings. The fourth-order valence-electron chi connectivity index (χ4n) is 4.66. The maximum atomic E-state index is 12.2. The number of fused-ring (bicyclic) bond motifs is 2. The largest absolute Gasteiger partial charge is 0.480 e. The van der Waals surface area contributed by atoms with Crippen LogP contribution in [0.1, 0.15) is 41.5 Å². The lowest BCUT2D eigenvalue weighted by atomic mass is 10.1. The Morgan fingerprint density at radius 3 is 1.23 bits per heavy atom. The van der Waals surface area contributed by atoms with Crippen LogP contribution in [0.5, 0.6) is 11.5 Å². The minimum atomic E-state index is -0.472. The summed E-state index contributed by atoms with van der Waals surface area (Å²) in [5.41, 5.74) is 0. The minimum absolute atomic E-state index is 0.0305. The predicted octanol–water partition coefficient (Wildman–Crippen LogP) is 6.95. The first-order valence-electron chi connectivity index (χ1n) is 14.2. The molecule has 2 amide bonds. The summed E-state index contributed by atoms with van der Waals surface area (Å²) in [6.07, 6.45) is -0.943. The topological polar surface area (TPSA) is 59.1 Å². The summed E-state index contributed by atoms with van der Waals surface area (Å²) in [6, 6.07) is 27.9. The summed E-state index contributed by atoms with van der Waals surface area (Å²) < 4.78 is 11.8. The van der Waals surface area contributed by atoms with Gasteiger partial charge < -0.3 is 19.3 Å². The van der Waals surface area contributed by atoms with Crippen molar-refractivity contribution in [2.75, 3.05) is 26.2 Å². The van der Waals surface area contributed by atoms with Crippen molar-refractivity contribution < 1.29 is 19.1 Å². The zero-order valence-corrected chi connectivity index (χ0v) is 24.6. The van der Waals surface area contributed by atoms with E-state index in [-0.39, 0.29) is 11.8 Å². The zero-order valence-electron chi connectivity index (χ0n) is 24.6. The molecule has 6 heteroatoms. The van der Waals surface area contributed by atoms with Crippen LogP contribution in [0.4, 0.5) is 0 Å². The molecule has 4 aromatic rings. The predicted molar refractivity (Wildman–Crippen MR) is 164 cm³/mol. The molecule has 2 atom stereocenters. The normalized spacial score (nSPS) is 12.2. The molecule has 4 aromatic carbocycles. The Labute approximate surface area is 238 Å². The summed E-state index contributed by atoms with van der Waals surface area (Å²) in [5.74, 6) is 1.58. The van der Waals surface area contributed by atoms with E-state index < -0.39 is 12.2 Å². The molecular weight excluding hydrogens is 500 g/mol. The van der Waals surface area contributed by atoms with Gasteiger partial charge >= 0.3 is 0 Å². The van der Waals surface area contributed by atoms with Crippen LogP contribution in [0.25, 0.3) is 21.5 Å². The molecule has 0 aliphatic carbocycles. The van der Waals surface area contributed by atoms with Gasteiger partial charge in [-0.3, -0.25) is 9.59 Å². The number of carbonyl (C=O) groups is 2. The number of ether oxygens (including phenoxy) is 2. The van der Waals surface area contributed by atoms with Crippen LogP contribution in [0.2, 0.25) is 0 Å². The molecule has 4 rings (SSSR count). The third-order valence-electron chi connectivity index (χ3n) is 6.95. The van der Waals surface area contributed by atoms with Crippen molar-refractivity contribution in [3.05, 3.63) is 84.9 Å². The Morgan fingerprint density at radius 2 is 0.875 bits per heavy atom. The highest BCUT2D eigenvalue weighted by Gasteiger charge is 2.21. The van der Waals surface area contributed by atoms with Crippen molar-refractivity contribution in [1.82, 2.24) is 9.80 Å². The van der Waals surface area contributed by atoms with E-state index in [1.165, 1.54) is 0 Å². The maximum absolute atomic E-state index is 12.2. The lowest BCUT2D eigenvalue weighted by Crippen LogP contribution is -2.40. The van der Waals surface area contributed by atoms with Crippen molar-refractivity contribution in [2.24, 2.45) is 0 Å². The van der Waals surface area contributed by atoms with Crippen molar-refractivity contribution in [3.63, 3.8) is 0 Å². The number of rotatable bonds is 10. The summed E-state index contributed by atoms with van der Waals surface area (Å²) in [7, 11) is 0. The van der Waals surface area contributed by atoms with Gasteiger partial charge in [-0.1, -0.05) is 72.8 Å². The first-order chi connectivity index (χ1) is 19.3. The summed E-state index contributed by atoms with van der Waals surface area (Å²) in [4.78, 5) is 28.1. The molecule has 0 aliphatic heterocycles. The van der Waals surface area contributed by atoms with Crippen LogP contribution >= 0.6 is 0 Å². The van der Waals surface area contributed by atoms with E-state index in [0.29, 0.717) is 26.2 Å². The molecule has 0 spiro atoms. The van der Waals surface area contributed by atoms with Gasteiger partial charge in [0.1, 0.15) is 11.5 Å². The average Bonchev–Trinajstić information content (AvgIpc) is 2.99. The number of hydrogen-bond donors (Lipinski definition) is 0. The van der Waals surface area contributed by atoms with Gasteiger partial charge in [0, 0.05) is 37.0 Å². The molecule has 40 heavy (non-hydrogen) atoms. The molecule has 0 saturated carbocycles. The monoisotopic (exact) mass is 542 g/mol. The lowest BCUT2D eigenvalue weighted by molar-refractivity contribution is -0.138. The average molecular weight is 543 g/mol. The Morgan fingerprint density at radius 1 is 0.550 bits per heavy atom. The number of amides is 2. The van der Waals surface area contributed by atoms with E-state index in [9.17, 15) is 9.59 Å². The number of benzene rings is 4. The zero-order chi connectivity index (χ0) is 29.1. The molecule has 0 N–H and O–H groups in total. The van der Waals surface area contributed by atoms with Gasteiger partial charge in [-0.25, -0.2) is 0 Å². The Balaban J connectivity index is 0.000000220. The third kappa shape index (κ3) is 7.53. The minimum Gasteiger partial charge on any atom is -0.480 e. The molecule has 2 unspecified atom stereocenters. The van der Waals surface area contributed by atoms with Gasteiger partial charge in [0.15, 0.2) is 12.2 Å². The van der Waals surface area contributed by atoms with Crippen molar-refractivity contribution in [3.8, 4) is 11.5 Å². The van der Waals surface area contributed by atoms with E-state index in [1.807, 2.05) is 126 Å². The first kappa shape index (κ1) is 30.5. The molecular formula is C34H42N2O4. The SMILES string of the molecule is CCN(CC)C(=O)C(C)Oc1cccc2ccccc12.CCN(CC)C(=O)C(C)Oc1cccc2ccccc12. The van der Waals surface area contributed by atoms with E-state index >= 15 is 0 Å². The van der Waals surface area contributed by atoms with E-state index in [4.69, 9.17) is 9.47 Å². The smallest absolute Gasteiger partial charge is 0.263 e. The van der Waals surface area contributed by atoms with Gasteiger partial charge in [0.05, 0.1) is 0 Å². The van der Waals surface area contributed by atoms with Crippen LogP contribution in [0.15, 0.2) is 84.9 Å². The van der Waals surface area contributed by atoms with Gasteiger partial charge in [-0.05, 0) is 64.4 Å². The highest BCUT2D eigenvalue weighted by Crippen LogP contribution is 2.27. The molecule has 6 nitrogen and oxygen atoms in total. The standard InChI is InChI=1S/2C17H21NO2/c2*1-4-18(5-2)17(19)13(3)20-16-12-8-10-14-9-6-7-11-15(14)16/h2*6-13H,4-5H2,1-3H3. The quantitative estimate of drug-likeness (QED) is 0.218. The fourth-order valence-corrected chi connectivity index (χ4v) is 4.66. The van der Waals surface area contributed by atoms with Gasteiger partial charge in [0.2, 0.25) is 0 Å². The second-order valence-corrected chi connectivity index (χ2v) is 9.50. The van der Waals surface area contributed by atoms with Gasteiger partial charge in [-0.15, -0.1) is 0 Å². The Bertz CT molecular complexity index is 1280. The molecule has 0 saturated heterocycles. The summed E-state index contributed by atoms with van der Waals surface area (Å²) >= 11 is 0. The molecule has 212 valence electrons. The molecule has 0 radical (unpaired) electrons. The second kappa shape index (κ2) is 14.9. The number of hydrogen-bond acceptors (Lipinski definition) is 4. The van der Waals surface area contributed by atoms with Crippen LogP contribution in [0.3, 0.4) is 0 Å². The Hall–Kier alpha value is -4.06. The molecule has 0 aliphatic rings. The van der Waals surface area contributed by atoms with E-state index in [1.54, 1.807) is 9.80 Å². The van der Waals surface area contributed by atoms with Crippen molar-refractivity contribution in [2.45, 2.75) is 53.8 Å². The van der Waals surface area contributed by atoms with Crippen LogP contribution in [0, 0.1) is 0 Å². The summed E-state index contributed by atoms with van der Waals surface area (Å²) in [6.45, 7) is 14.4. The molecule has 0 aromatic heterocycles.